The monoisotopic (exact) mass is 291 g/mol. The lowest BCUT2D eigenvalue weighted by Crippen LogP contribution is -2.42. The molecule has 0 aliphatic rings. The molecule has 0 aliphatic heterocycles. The maximum absolute atomic E-state index is 13.1. The van der Waals surface area contributed by atoms with Crippen molar-refractivity contribution in [2.75, 3.05) is 0 Å². The average Bonchev–Trinajstić information content (AvgIpc) is 2.37. The van der Waals surface area contributed by atoms with Crippen molar-refractivity contribution in [2.45, 2.75) is 19.4 Å². The first-order valence-electron chi connectivity index (χ1n) is 5.82. The first kappa shape index (κ1) is 14.2. The van der Waals surface area contributed by atoms with Gasteiger partial charge in [0.1, 0.15) is 16.5 Å². The smallest absolute Gasteiger partial charge is 0.255 e. The molecule has 4 nitrogen and oxygen atoms in total. The summed E-state index contributed by atoms with van der Waals surface area (Å²) in [5.41, 5.74) is -0.502. The third-order valence-corrected chi connectivity index (χ3v) is 2.97. The Morgan fingerprint density at radius 3 is 2.80 bits per heavy atom. The standard InChI is InChI=1S/C14H11ClFN3O/c1-14(2,7-17)19-13(20)10-5-8-3-4-9(16)6-11(8)18-12(10)15/h3-6H,1-2H3,(H,19,20). The molecule has 0 saturated carbocycles. The number of nitriles is 1. The normalized spacial score (nSPS) is 11.2. The Morgan fingerprint density at radius 1 is 1.45 bits per heavy atom. The number of hydrogen-bond donors (Lipinski definition) is 1. The summed E-state index contributed by atoms with van der Waals surface area (Å²) < 4.78 is 13.1. The molecule has 0 aliphatic carbocycles. The molecule has 20 heavy (non-hydrogen) atoms. The van der Waals surface area contributed by atoms with Gasteiger partial charge < -0.3 is 5.32 Å². The molecule has 1 aromatic carbocycles. The highest BCUT2D eigenvalue weighted by molar-refractivity contribution is 6.33. The average molecular weight is 292 g/mol. The predicted octanol–water partition coefficient (Wildman–Crippen LogP) is 3.06. The Hall–Kier alpha value is -2.19. The largest absolute Gasteiger partial charge is 0.334 e. The molecule has 0 fully saturated rings. The number of nitrogens with one attached hydrogen (secondary N) is 1. The van der Waals surface area contributed by atoms with Crippen molar-refractivity contribution in [2.24, 2.45) is 0 Å². The highest BCUT2D eigenvalue weighted by Crippen LogP contribution is 2.21. The number of fused-ring (bicyclic) bond motifs is 1. The molecule has 1 heterocycles. The first-order valence-corrected chi connectivity index (χ1v) is 6.20. The van der Waals surface area contributed by atoms with Crippen molar-refractivity contribution >= 4 is 28.4 Å². The molecule has 1 aromatic heterocycles. The van der Waals surface area contributed by atoms with Crippen molar-refractivity contribution in [1.82, 2.24) is 10.3 Å². The van der Waals surface area contributed by atoms with E-state index in [4.69, 9.17) is 16.9 Å². The first-order chi connectivity index (χ1) is 9.32. The van der Waals surface area contributed by atoms with Crippen LogP contribution in [0.1, 0.15) is 24.2 Å². The zero-order valence-electron chi connectivity index (χ0n) is 10.9. The van der Waals surface area contributed by atoms with Crippen LogP contribution in [0.2, 0.25) is 5.15 Å². The van der Waals surface area contributed by atoms with Gasteiger partial charge in [-0.1, -0.05) is 11.6 Å². The Kier molecular flexibility index (Phi) is 3.60. The number of amides is 1. The Balaban J connectivity index is 2.45. The molecule has 2 rings (SSSR count). The molecule has 102 valence electrons. The van der Waals surface area contributed by atoms with E-state index in [-0.39, 0.29) is 10.7 Å². The minimum atomic E-state index is -1.02. The number of nitrogens with zero attached hydrogens (tertiary/aromatic N) is 2. The van der Waals surface area contributed by atoms with Crippen LogP contribution in [0.4, 0.5) is 4.39 Å². The lowest BCUT2D eigenvalue weighted by molar-refractivity contribution is 0.0929. The van der Waals surface area contributed by atoms with Crippen molar-refractivity contribution in [3.63, 3.8) is 0 Å². The minimum Gasteiger partial charge on any atom is -0.334 e. The van der Waals surface area contributed by atoms with Crippen LogP contribution in [0.25, 0.3) is 10.9 Å². The SMILES string of the molecule is CC(C)(C#N)NC(=O)c1cc2ccc(F)cc2nc1Cl. The lowest BCUT2D eigenvalue weighted by atomic mass is 10.1. The Morgan fingerprint density at radius 2 is 2.15 bits per heavy atom. The van der Waals surface area contributed by atoms with Gasteiger partial charge in [0.25, 0.3) is 5.91 Å². The summed E-state index contributed by atoms with van der Waals surface area (Å²) in [7, 11) is 0. The van der Waals surface area contributed by atoms with E-state index in [9.17, 15) is 9.18 Å². The Labute approximate surface area is 120 Å². The van der Waals surface area contributed by atoms with Crippen LogP contribution in [0, 0.1) is 17.1 Å². The van der Waals surface area contributed by atoms with Gasteiger partial charge in [0.05, 0.1) is 17.1 Å². The van der Waals surface area contributed by atoms with Crippen LogP contribution in [-0.4, -0.2) is 16.4 Å². The third-order valence-electron chi connectivity index (χ3n) is 2.68. The molecule has 0 spiro atoms. The van der Waals surface area contributed by atoms with E-state index in [0.29, 0.717) is 10.9 Å². The summed E-state index contributed by atoms with van der Waals surface area (Å²) >= 11 is 5.95. The number of halogens is 2. The van der Waals surface area contributed by atoms with E-state index in [1.165, 1.54) is 24.3 Å². The summed E-state index contributed by atoms with van der Waals surface area (Å²) in [6.45, 7) is 3.14. The second-order valence-electron chi connectivity index (χ2n) is 4.85. The number of rotatable bonds is 2. The van der Waals surface area contributed by atoms with Gasteiger partial charge >= 0.3 is 0 Å². The summed E-state index contributed by atoms with van der Waals surface area (Å²) in [6.07, 6.45) is 0. The molecule has 0 bridgehead atoms. The molecule has 1 amide bonds. The van der Waals surface area contributed by atoms with Gasteiger partial charge in [-0.05, 0) is 32.0 Å². The molecule has 6 heteroatoms. The molecule has 0 atom stereocenters. The van der Waals surface area contributed by atoms with Crippen molar-refractivity contribution in [1.29, 1.82) is 5.26 Å². The van der Waals surface area contributed by atoms with Gasteiger partial charge in [0.2, 0.25) is 0 Å². The predicted molar refractivity (Wildman–Crippen MR) is 73.9 cm³/mol. The third kappa shape index (κ3) is 2.86. The molecule has 0 radical (unpaired) electrons. The number of carbonyl (C=O) groups excluding carboxylic acids is 1. The summed E-state index contributed by atoms with van der Waals surface area (Å²) in [5.74, 6) is -0.927. The van der Waals surface area contributed by atoms with Crippen LogP contribution in [0.5, 0.6) is 0 Å². The fourth-order valence-corrected chi connectivity index (χ4v) is 1.89. The maximum Gasteiger partial charge on any atom is 0.255 e. The zero-order valence-corrected chi connectivity index (χ0v) is 11.6. The minimum absolute atomic E-state index is 0.0330. The van der Waals surface area contributed by atoms with Crippen molar-refractivity contribution in [3.05, 3.63) is 40.8 Å². The van der Waals surface area contributed by atoms with Gasteiger partial charge in [-0.2, -0.15) is 5.26 Å². The van der Waals surface area contributed by atoms with Gasteiger partial charge in [-0.25, -0.2) is 9.37 Å². The van der Waals surface area contributed by atoms with Gasteiger partial charge in [0, 0.05) is 11.5 Å². The molecule has 0 unspecified atom stereocenters. The van der Waals surface area contributed by atoms with E-state index in [0.717, 1.165) is 0 Å². The van der Waals surface area contributed by atoms with Crippen LogP contribution in [0.3, 0.4) is 0 Å². The van der Waals surface area contributed by atoms with Crippen molar-refractivity contribution < 1.29 is 9.18 Å². The number of pyridine rings is 1. The number of benzene rings is 1. The summed E-state index contributed by atoms with van der Waals surface area (Å²) in [4.78, 5) is 16.1. The highest BCUT2D eigenvalue weighted by atomic mass is 35.5. The van der Waals surface area contributed by atoms with Crippen LogP contribution in [0.15, 0.2) is 24.3 Å². The second kappa shape index (κ2) is 5.06. The fraction of sp³-hybridized carbons (Fsp3) is 0.214. The van der Waals surface area contributed by atoms with Gasteiger partial charge in [0.15, 0.2) is 0 Å². The summed E-state index contributed by atoms with van der Waals surface area (Å²) in [6, 6.07) is 7.51. The maximum atomic E-state index is 13.1. The van der Waals surface area contributed by atoms with Gasteiger partial charge in [-0.3, -0.25) is 4.79 Å². The van der Waals surface area contributed by atoms with Gasteiger partial charge in [-0.15, -0.1) is 0 Å². The van der Waals surface area contributed by atoms with Crippen LogP contribution in [-0.2, 0) is 0 Å². The van der Waals surface area contributed by atoms with E-state index >= 15 is 0 Å². The molecule has 0 saturated heterocycles. The van der Waals surface area contributed by atoms with E-state index < -0.39 is 17.3 Å². The Bertz CT molecular complexity index is 737. The van der Waals surface area contributed by atoms with E-state index in [1.54, 1.807) is 13.8 Å². The molecular formula is C14H11ClFN3O. The lowest BCUT2D eigenvalue weighted by Gasteiger charge is -2.17. The van der Waals surface area contributed by atoms with E-state index in [1.807, 2.05) is 6.07 Å². The topological polar surface area (TPSA) is 65.8 Å². The molecule has 1 N–H and O–H groups in total. The number of carbonyl (C=O) groups is 1. The molecule has 2 aromatic rings. The van der Waals surface area contributed by atoms with Crippen LogP contribution < -0.4 is 5.32 Å². The van der Waals surface area contributed by atoms with E-state index in [2.05, 4.69) is 10.3 Å². The van der Waals surface area contributed by atoms with Crippen LogP contribution >= 0.6 is 11.6 Å². The number of hydrogen-bond acceptors (Lipinski definition) is 3. The second-order valence-corrected chi connectivity index (χ2v) is 5.21. The summed E-state index contributed by atoms with van der Waals surface area (Å²) in [5, 5.41) is 12.0. The number of aromatic nitrogens is 1. The van der Waals surface area contributed by atoms with Crippen molar-refractivity contribution in [3.8, 4) is 6.07 Å². The highest BCUT2D eigenvalue weighted by Gasteiger charge is 2.22. The fourth-order valence-electron chi connectivity index (χ4n) is 1.66. The quantitative estimate of drug-likeness (QED) is 0.865. The molecular weight excluding hydrogens is 281 g/mol. The zero-order chi connectivity index (χ0) is 14.9.